The van der Waals surface area contributed by atoms with E-state index in [1.54, 1.807) is 12.1 Å². The van der Waals surface area contributed by atoms with Gasteiger partial charge in [-0.2, -0.15) is 0 Å². The Hall–Kier alpha value is -1.17. The number of carbonyl (C=O) groups is 1. The molecule has 1 aromatic carbocycles. The summed E-state index contributed by atoms with van der Waals surface area (Å²) in [5, 5.41) is 9.22. The van der Waals surface area contributed by atoms with Crippen LogP contribution in [-0.4, -0.2) is 53.6 Å². The van der Waals surface area contributed by atoms with Crippen molar-refractivity contribution in [3.05, 3.63) is 34.6 Å². The van der Waals surface area contributed by atoms with E-state index in [1.807, 2.05) is 4.90 Å². The lowest BCUT2D eigenvalue weighted by molar-refractivity contribution is -0.139. The predicted octanol–water partition coefficient (Wildman–Crippen LogP) is 3.07. The highest BCUT2D eigenvalue weighted by atomic mass is 35.5. The molecule has 0 saturated carbocycles. The Bertz CT molecular complexity index is 627. The fourth-order valence-corrected chi connectivity index (χ4v) is 4.45. The minimum absolute atomic E-state index is 0.119. The number of benzene rings is 1. The molecule has 2 fully saturated rings. The highest BCUT2D eigenvalue weighted by molar-refractivity contribution is 6.30. The maximum Gasteiger partial charge on any atom is 0.222 e. The summed E-state index contributed by atoms with van der Waals surface area (Å²) in [6.07, 6.45) is 4.41. The Morgan fingerprint density at radius 3 is 2.88 bits per heavy atom. The van der Waals surface area contributed by atoms with Gasteiger partial charge in [-0.15, -0.1) is 0 Å². The first-order valence-corrected chi connectivity index (χ1v) is 9.44. The number of aliphatic hydroxyl groups is 1. The van der Waals surface area contributed by atoms with Gasteiger partial charge in [0.1, 0.15) is 5.82 Å². The summed E-state index contributed by atoms with van der Waals surface area (Å²) in [4.78, 5) is 16.5. The molecule has 0 aromatic heterocycles. The summed E-state index contributed by atoms with van der Waals surface area (Å²) >= 11 is 5.90. The van der Waals surface area contributed by atoms with E-state index in [0.29, 0.717) is 19.4 Å². The van der Waals surface area contributed by atoms with Crippen molar-refractivity contribution in [2.24, 2.45) is 5.41 Å². The summed E-state index contributed by atoms with van der Waals surface area (Å²) in [6.45, 7) is 4.27. The highest BCUT2D eigenvalue weighted by Crippen LogP contribution is 2.39. The molecule has 1 atom stereocenters. The average Bonchev–Trinajstić information content (AvgIpc) is 2.59. The van der Waals surface area contributed by atoms with Crippen molar-refractivity contribution in [1.29, 1.82) is 0 Å². The first-order valence-electron chi connectivity index (χ1n) is 9.06. The van der Waals surface area contributed by atoms with Gasteiger partial charge in [-0.25, -0.2) is 4.39 Å². The monoisotopic (exact) mass is 368 g/mol. The van der Waals surface area contributed by atoms with Crippen molar-refractivity contribution >= 4 is 17.5 Å². The second-order valence-electron chi connectivity index (χ2n) is 7.46. The Balaban J connectivity index is 1.65. The van der Waals surface area contributed by atoms with Crippen LogP contribution in [0.3, 0.4) is 0 Å². The number of rotatable bonds is 5. The van der Waals surface area contributed by atoms with Crippen LogP contribution in [0, 0.1) is 11.2 Å². The van der Waals surface area contributed by atoms with Crippen molar-refractivity contribution in [3.8, 4) is 0 Å². The van der Waals surface area contributed by atoms with Gasteiger partial charge in [-0.05, 0) is 49.9 Å². The molecule has 4 nitrogen and oxygen atoms in total. The van der Waals surface area contributed by atoms with E-state index in [1.165, 1.54) is 6.07 Å². The first-order chi connectivity index (χ1) is 12.0. The molecule has 0 bridgehead atoms. The lowest BCUT2D eigenvalue weighted by Gasteiger charge is -2.48. The lowest BCUT2D eigenvalue weighted by atomic mass is 9.73. The van der Waals surface area contributed by atoms with E-state index in [4.69, 9.17) is 16.7 Å². The van der Waals surface area contributed by atoms with E-state index in [9.17, 15) is 9.18 Å². The van der Waals surface area contributed by atoms with Crippen molar-refractivity contribution in [2.75, 3.05) is 32.8 Å². The van der Waals surface area contributed by atoms with Crippen LogP contribution in [0.1, 0.15) is 37.7 Å². The van der Waals surface area contributed by atoms with Crippen LogP contribution in [0.4, 0.5) is 4.39 Å². The molecule has 1 amide bonds. The molecule has 3 rings (SSSR count). The number of nitrogens with zero attached hydrogens (tertiary/aromatic N) is 2. The number of piperidine rings is 2. The third-order valence-corrected chi connectivity index (χ3v) is 5.75. The predicted molar refractivity (Wildman–Crippen MR) is 95.9 cm³/mol. The minimum Gasteiger partial charge on any atom is -0.396 e. The molecule has 2 aliphatic rings. The lowest BCUT2D eigenvalue weighted by Crippen LogP contribution is -2.54. The molecule has 0 aliphatic carbocycles. The normalized spacial score (nSPS) is 24.9. The molecule has 1 N–H and O–H groups in total. The van der Waals surface area contributed by atoms with Gasteiger partial charge in [-0.1, -0.05) is 17.7 Å². The molecule has 138 valence electrons. The zero-order valence-electron chi connectivity index (χ0n) is 14.5. The maximum atomic E-state index is 13.3. The van der Waals surface area contributed by atoms with Crippen molar-refractivity contribution < 1.29 is 14.3 Å². The van der Waals surface area contributed by atoms with Gasteiger partial charge in [0.2, 0.25) is 5.91 Å². The molecule has 1 aromatic rings. The molecule has 0 unspecified atom stereocenters. The molecule has 6 heteroatoms. The van der Waals surface area contributed by atoms with Gasteiger partial charge in [0.25, 0.3) is 0 Å². The van der Waals surface area contributed by atoms with Crippen LogP contribution in [0.25, 0.3) is 0 Å². The topological polar surface area (TPSA) is 43.8 Å². The van der Waals surface area contributed by atoms with Gasteiger partial charge in [0.05, 0.1) is 5.02 Å². The van der Waals surface area contributed by atoms with Gasteiger partial charge in [0, 0.05) is 44.6 Å². The highest BCUT2D eigenvalue weighted by Gasteiger charge is 2.41. The smallest absolute Gasteiger partial charge is 0.222 e. The van der Waals surface area contributed by atoms with Crippen LogP contribution in [0.5, 0.6) is 0 Å². The number of halogens is 2. The number of likely N-dealkylation sites (tertiary alicyclic amines) is 2. The standard InChI is InChI=1S/C19H26ClFN2O2/c20-16-11-15(3-4-17(16)21)12-22-8-1-6-19(13-22)7-5-18(25)23(14-19)9-2-10-24/h3-4,11,24H,1-2,5-10,12-14H2/t19-/m0/s1. The summed E-state index contributed by atoms with van der Waals surface area (Å²) in [5.74, 6) is -0.174. The van der Waals surface area contributed by atoms with Crippen LogP contribution >= 0.6 is 11.6 Å². The van der Waals surface area contributed by atoms with E-state index in [-0.39, 0.29) is 28.8 Å². The van der Waals surface area contributed by atoms with Crippen LogP contribution in [0.15, 0.2) is 18.2 Å². The van der Waals surface area contributed by atoms with E-state index < -0.39 is 0 Å². The average molecular weight is 369 g/mol. The summed E-state index contributed by atoms with van der Waals surface area (Å²) in [6, 6.07) is 4.92. The maximum absolute atomic E-state index is 13.3. The van der Waals surface area contributed by atoms with Crippen LogP contribution in [0.2, 0.25) is 5.02 Å². The molecular formula is C19H26ClFN2O2. The second-order valence-corrected chi connectivity index (χ2v) is 7.86. The molecule has 0 radical (unpaired) electrons. The van der Waals surface area contributed by atoms with Crippen LogP contribution < -0.4 is 0 Å². The molecule has 2 aliphatic heterocycles. The quantitative estimate of drug-likeness (QED) is 0.868. The number of aliphatic hydroxyl groups excluding tert-OH is 1. The van der Waals surface area contributed by atoms with Crippen molar-refractivity contribution in [3.63, 3.8) is 0 Å². The third-order valence-electron chi connectivity index (χ3n) is 5.46. The molecule has 1 spiro atoms. The van der Waals surface area contributed by atoms with Gasteiger partial charge >= 0.3 is 0 Å². The Kier molecular flexibility index (Phi) is 5.97. The van der Waals surface area contributed by atoms with Crippen molar-refractivity contribution in [2.45, 2.75) is 38.6 Å². The number of hydrogen-bond acceptors (Lipinski definition) is 3. The molecule has 2 saturated heterocycles. The number of amides is 1. The fraction of sp³-hybridized carbons (Fsp3) is 0.632. The van der Waals surface area contributed by atoms with E-state index in [0.717, 1.165) is 51.0 Å². The van der Waals surface area contributed by atoms with Gasteiger partial charge in [0.15, 0.2) is 0 Å². The zero-order chi connectivity index (χ0) is 17.9. The van der Waals surface area contributed by atoms with Gasteiger partial charge < -0.3 is 10.0 Å². The summed E-state index contributed by atoms with van der Waals surface area (Å²) < 4.78 is 13.3. The summed E-state index contributed by atoms with van der Waals surface area (Å²) in [5.41, 5.74) is 1.17. The second kappa shape index (κ2) is 8.02. The largest absolute Gasteiger partial charge is 0.396 e. The van der Waals surface area contributed by atoms with Crippen molar-refractivity contribution in [1.82, 2.24) is 9.80 Å². The molecule has 25 heavy (non-hydrogen) atoms. The number of carbonyl (C=O) groups excluding carboxylic acids is 1. The van der Waals surface area contributed by atoms with Crippen LogP contribution in [-0.2, 0) is 11.3 Å². The van der Waals surface area contributed by atoms with Gasteiger partial charge in [-0.3, -0.25) is 9.69 Å². The SMILES string of the molecule is O=C1CC[C@]2(CCCN(Cc3ccc(F)c(Cl)c3)C2)CN1CCCO. The van der Waals surface area contributed by atoms with E-state index >= 15 is 0 Å². The minimum atomic E-state index is -0.383. The molecule has 2 heterocycles. The number of hydrogen-bond donors (Lipinski definition) is 1. The Morgan fingerprint density at radius 2 is 2.12 bits per heavy atom. The Labute approximate surface area is 153 Å². The zero-order valence-corrected chi connectivity index (χ0v) is 15.3. The summed E-state index contributed by atoms with van der Waals surface area (Å²) in [7, 11) is 0. The van der Waals surface area contributed by atoms with E-state index in [2.05, 4.69) is 4.90 Å². The fourth-order valence-electron chi connectivity index (χ4n) is 4.24. The molecular weight excluding hydrogens is 343 g/mol. The third kappa shape index (κ3) is 4.52. The first kappa shape index (κ1) is 18.6. The Morgan fingerprint density at radius 1 is 1.28 bits per heavy atom.